The lowest BCUT2D eigenvalue weighted by Gasteiger charge is -2.02. The van der Waals surface area contributed by atoms with Crippen molar-refractivity contribution < 1.29 is 19.5 Å². The normalized spacial score (nSPS) is 10.9. The number of unbranched alkanes of at least 4 members (excludes halogenated alkanes) is 2. The Hall–Kier alpha value is -2.60. The van der Waals surface area contributed by atoms with Gasteiger partial charge in [0, 0.05) is 19.0 Å². The van der Waals surface area contributed by atoms with E-state index in [1.165, 1.54) is 6.08 Å². The second-order valence-electron chi connectivity index (χ2n) is 5.13. The third-order valence-electron chi connectivity index (χ3n) is 3.27. The Morgan fingerprint density at radius 1 is 1.12 bits per heavy atom. The van der Waals surface area contributed by atoms with Gasteiger partial charge in [-0.2, -0.15) is 0 Å². The lowest BCUT2D eigenvalue weighted by atomic mass is 10.2. The monoisotopic (exact) mass is 332 g/mol. The number of carbonyl (C=O) groups is 2. The maximum absolute atomic E-state index is 11.6. The van der Waals surface area contributed by atoms with Crippen LogP contribution in [-0.4, -0.2) is 30.7 Å². The number of carbonyl (C=O) groups excluding carboxylic acids is 2. The molecule has 0 atom stereocenters. The van der Waals surface area contributed by atoms with E-state index >= 15 is 0 Å². The molecule has 0 aromatic heterocycles. The zero-order valence-electron chi connectivity index (χ0n) is 13.8. The minimum Gasteiger partial charge on any atom is -0.497 e. The van der Waals surface area contributed by atoms with E-state index in [0.29, 0.717) is 19.4 Å². The molecule has 0 aliphatic heterocycles. The highest BCUT2D eigenvalue weighted by molar-refractivity contribution is 5.87. The van der Waals surface area contributed by atoms with Gasteiger partial charge in [0.05, 0.1) is 7.11 Å². The van der Waals surface area contributed by atoms with Crippen molar-refractivity contribution in [2.45, 2.75) is 25.7 Å². The van der Waals surface area contributed by atoms with E-state index in [0.717, 1.165) is 24.2 Å². The van der Waals surface area contributed by atoms with Crippen molar-refractivity contribution in [3.05, 3.63) is 48.1 Å². The molecule has 6 nitrogen and oxygen atoms in total. The average Bonchev–Trinajstić information content (AvgIpc) is 2.61. The fourth-order valence-corrected chi connectivity index (χ4v) is 1.94. The molecule has 0 bridgehead atoms. The molecule has 0 heterocycles. The molecule has 3 N–H and O–H groups in total. The highest BCUT2D eigenvalue weighted by Gasteiger charge is 1.98. The molecule has 0 aliphatic carbocycles. The third-order valence-corrected chi connectivity index (χ3v) is 3.27. The maximum Gasteiger partial charge on any atom is 0.243 e. The largest absolute Gasteiger partial charge is 0.497 e. The van der Waals surface area contributed by atoms with Gasteiger partial charge in [0.2, 0.25) is 11.8 Å². The Morgan fingerprint density at radius 2 is 1.88 bits per heavy atom. The summed E-state index contributed by atoms with van der Waals surface area (Å²) in [6, 6.07) is 7.61. The number of amides is 2. The molecule has 0 fully saturated rings. The van der Waals surface area contributed by atoms with Crippen molar-refractivity contribution in [3.8, 4) is 5.75 Å². The van der Waals surface area contributed by atoms with E-state index < -0.39 is 0 Å². The van der Waals surface area contributed by atoms with Crippen LogP contribution in [0.1, 0.15) is 31.2 Å². The van der Waals surface area contributed by atoms with E-state index in [4.69, 9.17) is 9.94 Å². The fourth-order valence-electron chi connectivity index (χ4n) is 1.94. The second-order valence-corrected chi connectivity index (χ2v) is 5.13. The quantitative estimate of drug-likeness (QED) is 0.202. The zero-order valence-corrected chi connectivity index (χ0v) is 13.8. The predicted octanol–water partition coefficient (Wildman–Crippen LogP) is 2.45. The molecule has 0 unspecified atom stereocenters. The van der Waals surface area contributed by atoms with E-state index in [9.17, 15) is 9.59 Å². The Balaban J connectivity index is 2.16. The number of ether oxygens (including phenoxy) is 1. The summed E-state index contributed by atoms with van der Waals surface area (Å²) in [6.45, 7) is 0.562. The van der Waals surface area contributed by atoms with Gasteiger partial charge < -0.3 is 10.1 Å². The summed E-state index contributed by atoms with van der Waals surface area (Å²) in [5.41, 5.74) is 2.61. The highest BCUT2D eigenvalue weighted by atomic mass is 16.5. The van der Waals surface area contributed by atoms with Crippen molar-refractivity contribution >= 4 is 17.9 Å². The maximum atomic E-state index is 11.6. The molecule has 0 aliphatic rings. The van der Waals surface area contributed by atoms with Crippen molar-refractivity contribution in [1.82, 2.24) is 10.8 Å². The molecular weight excluding hydrogens is 308 g/mol. The number of allylic oxidation sites excluding steroid dienone is 2. The number of rotatable bonds is 10. The Morgan fingerprint density at radius 3 is 2.54 bits per heavy atom. The van der Waals surface area contributed by atoms with Crippen LogP contribution in [0.15, 0.2) is 42.5 Å². The van der Waals surface area contributed by atoms with E-state index in [-0.39, 0.29) is 11.8 Å². The van der Waals surface area contributed by atoms with Crippen LogP contribution < -0.4 is 15.5 Å². The van der Waals surface area contributed by atoms with Gasteiger partial charge >= 0.3 is 0 Å². The van der Waals surface area contributed by atoms with Crippen LogP contribution in [0.4, 0.5) is 0 Å². The number of hydrogen-bond donors (Lipinski definition) is 3. The van der Waals surface area contributed by atoms with Crippen LogP contribution in [0, 0.1) is 0 Å². The van der Waals surface area contributed by atoms with Crippen LogP contribution >= 0.6 is 0 Å². The number of methoxy groups -OCH3 is 1. The summed E-state index contributed by atoms with van der Waals surface area (Å²) in [5.74, 6) is 0.271. The smallest absolute Gasteiger partial charge is 0.243 e. The van der Waals surface area contributed by atoms with Crippen LogP contribution in [0.5, 0.6) is 5.75 Å². The summed E-state index contributed by atoms with van der Waals surface area (Å²) >= 11 is 0. The molecule has 24 heavy (non-hydrogen) atoms. The second kappa shape index (κ2) is 11.9. The van der Waals surface area contributed by atoms with Gasteiger partial charge in [0.1, 0.15) is 5.75 Å². The molecule has 1 aromatic carbocycles. The van der Waals surface area contributed by atoms with E-state index in [1.807, 2.05) is 30.3 Å². The van der Waals surface area contributed by atoms with Crippen molar-refractivity contribution in [2.24, 2.45) is 0 Å². The van der Waals surface area contributed by atoms with Gasteiger partial charge in [0.25, 0.3) is 0 Å². The molecule has 0 saturated heterocycles. The summed E-state index contributed by atoms with van der Waals surface area (Å²) in [5, 5.41) is 11.1. The molecule has 2 amide bonds. The summed E-state index contributed by atoms with van der Waals surface area (Å²) in [7, 11) is 1.62. The first-order chi connectivity index (χ1) is 11.7. The molecular formula is C18H24N2O4. The average molecular weight is 332 g/mol. The van der Waals surface area contributed by atoms with Crippen molar-refractivity contribution in [2.75, 3.05) is 13.7 Å². The van der Waals surface area contributed by atoms with Crippen LogP contribution in [0.25, 0.3) is 6.08 Å². The number of benzene rings is 1. The molecule has 6 heteroatoms. The van der Waals surface area contributed by atoms with Crippen molar-refractivity contribution in [1.29, 1.82) is 0 Å². The van der Waals surface area contributed by atoms with Crippen LogP contribution in [0.3, 0.4) is 0 Å². The zero-order chi connectivity index (χ0) is 17.6. The summed E-state index contributed by atoms with van der Waals surface area (Å²) in [4.78, 5) is 22.4. The third kappa shape index (κ3) is 8.75. The minimum absolute atomic E-state index is 0.150. The Kier molecular flexibility index (Phi) is 9.64. The van der Waals surface area contributed by atoms with Crippen LogP contribution in [0.2, 0.25) is 0 Å². The lowest BCUT2D eigenvalue weighted by Crippen LogP contribution is -2.22. The van der Waals surface area contributed by atoms with E-state index in [1.54, 1.807) is 24.7 Å². The first kappa shape index (κ1) is 19.4. The molecule has 1 aromatic rings. The number of hydroxylamine groups is 1. The summed E-state index contributed by atoms with van der Waals surface area (Å²) < 4.78 is 5.08. The van der Waals surface area contributed by atoms with Gasteiger partial charge in [0.15, 0.2) is 0 Å². The SMILES string of the molecule is COc1ccc(C=CC=CC(=O)NCCCCCC(=O)NO)cc1. The molecule has 1 rings (SSSR count). The first-order valence-corrected chi connectivity index (χ1v) is 7.85. The topological polar surface area (TPSA) is 87.7 Å². The lowest BCUT2D eigenvalue weighted by molar-refractivity contribution is -0.129. The Bertz CT molecular complexity index is 565. The molecule has 0 saturated carbocycles. The van der Waals surface area contributed by atoms with Crippen molar-refractivity contribution in [3.63, 3.8) is 0 Å². The minimum atomic E-state index is -0.384. The highest BCUT2D eigenvalue weighted by Crippen LogP contribution is 2.12. The Labute approximate surface area is 142 Å². The van der Waals surface area contributed by atoms with Gasteiger partial charge in [-0.1, -0.05) is 36.8 Å². The van der Waals surface area contributed by atoms with Gasteiger partial charge in [-0.15, -0.1) is 0 Å². The first-order valence-electron chi connectivity index (χ1n) is 7.85. The fraction of sp³-hybridized carbons (Fsp3) is 0.333. The molecule has 130 valence electrons. The summed E-state index contributed by atoms with van der Waals surface area (Å²) in [6.07, 6.45) is 9.44. The predicted molar refractivity (Wildman–Crippen MR) is 92.6 cm³/mol. The number of hydrogen-bond acceptors (Lipinski definition) is 4. The standard InChI is InChI=1S/C18H24N2O4/c1-24-16-12-10-15(11-13-16)7-4-5-8-17(21)19-14-6-2-3-9-18(22)20-23/h4-5,7-8,10-13,23H,2-3,6,9,14H2,1H3,(H,19,21)(H,20,22). The van der Waals surface area contributed by atoms with Crippen LogP contribution in [-0.2, 0) is 9.59 Å². The van der Waals surface area contributed by atoms with Gasteiger partial charge in [-0.3, -0.25) is 14.8 Å². The van der Waals surface area contributed by atoms with E-state index in [2.05, 4.69) is 5.32 Å². The molecule has 0 spiro atoms. The number of nitrogens with one attached hydrogen (secondary N) is 2. The van der Waals surface area contributed by atoms with Gasteiger partial charge in [-0.25, -0.2) is 5.48 Å². The molecule has 0 radical (unpaired) electrons. The van der Waals surface area contributed by atoms with Gasteiger partial charge in [-0.05, 0) is 30.5 Å².